The number of carbonyl (C=O) groups is 1. The highest BCUT2D eigenvalue weighted by molar-refractivity contribution is 7.91. The summed E-state index contributed by atoms with van der Waals surface area (Å²) in [5.74, 6) is -0.519. The lowest BCUT2D eigenvalue weighted by atomic mass is 10.2. The highest BCUT2D eigenvalue weighted by Gasteiger charge is 2.26. The van der Waals surface area contributed by atoms with E-state index in [1.807, 2.05) is 6.07 Å². The number of sulfone groups is 1. The zero-order valence-corrected chi connectivity index (χ0v) is 12.3. The number of carbonyl (C=O) groups excluding carboxylic acids is 1. The lowest BCUT2D eigenvalue weighted by Crippen LogP contribution is -2.26. The monoisotopic (exact) mass is 314 g/mol. The second-order valence-corrected chi connectivity index (χ2v) is 7.80. The summed E-state index contributed by atoms with van der Waals surface area (Å²) < 4.78 is 23.2. The smallest absolute Gasteiger partial charge is 0.261 e. The minimum atomic E-state index is -3.04. The van der Waals surface area contributed by atoms with Crippen LogP contribution in [0, 0.1) is 11.3 Å². The molecule has 0 aliphatic carbocycles. The van der Waals surface area contributed by atoms with Crippen LogP contribution in [0.1, 0.15) is 21.7 Å². The van der Waals surface area contributed by atoms with Crippen molar-refractivity contribution in [3.63, 3.8) is 0 Å². The maximum absolute atomic E-state index is 11.6. The molecule has 4 N–H and O–H groups in total. The highest BCUT2D eigenvalue weighted by atomic mass is 32.2. The molecular formula is C11H14N4O3S2. The van der Waals surface area contributed by atoms with Crippen LogP contribution in [0.15, 0.2) is 0 Å². The molecule has 2 rings (SSSR count). The van der Waals surface area contributed by atoms with Crippen LogP contribution in [0.25, 0.3) is 0 Å². The van der Waals surface area contributed by atoms with Crippen LogP contribution >= 0.6 is 11.3 Å². The molecule has 9 heteroatoms. The van der Waals surface area contributed by atoms with Crippen molar-refractivity contribution in [3.8, 4) is 6.07 Å². The molecule has 1 amide bonds. The van der Waals surface area contributed by atoms with Crippen LogP contribution in [0.5, 0.6) is 0 Å². The fraction of sp³-hybridized carbons (Fsp3) is 0.455. The van der Waals surface area contributed by atoms with Gasteiger partial charge in [0.05, 0.1) is 17.2 Å². The molecule has 108 valence electrons. The molecule has 0 spiro atoms. The Kier molecular flexibility index (Phi) is 3.87. The SMILES string of the molecule is N#Cc1c(N2CCCS(=O)(=O)CC2)sc(C(N)=O)c1N. The third-order valence-corrected chi connectivity index (χ3v) is 6.10. The predicted molar refractivity (Wildman–Crippen MR) is 77.4 cm³/mol. The molecule has 7 nitrogen and oxygen atoms in total. The van der Waals surface area contributed by atoms with Gasteiger partial charge in [-0.15, -0.1) is 11.3 Å². The lowest BCUT2D eigenvalue weighted by molar-refractivity contribution is 0.100. The second kappa shape index (κ2) is 5.30. The predicted octanol–water partition coefficient (Wildman–Crippen LogP) is -0.0742. The summed E-state index contributed by atoms with van der Waals surface area (Å²) in [6.45, 7) is 0.793. The lowest BCUT2D eigenvalue weighted by Gasteiger charge is -2.20. The van der Waals surface area contributed by atoms with E-state index in [0.717, 1.165) is 11.3 Å². The normalized spacial score (nSPS) is 18.2. The van der Waals surface area contributed by atoms with Crippen LogP contribution in [0.3, 0.4) is 0 Å². The van der Waals surface area contributed by atoms with E-state index >= 15 is 0 Å². The van der Waals surface area contributed by atoms with E-state index in [2.05, 4.69) is 0 Å². The zero-order valence-electron chi connectivity index (χ0n) is 10.6. The zero-order chi connectivity index (χ0) is 14.9. The van der Waals surface area contributed by atoms with Gasteiger partial charge < -0.3 is 16.4 Å². The number of nitrogen functional groups attached to an aromatic ring is 1. The third-order valence-electron chi connectivity index (χ3n) is 3.10. The first-order chi connectivity index (χ1) is 9.35. The average Bonchev–Trinajstić information content (AvgIpc) is 2.59. The Morgan fingerprint density at radius 1 is 1.35 bits per heavy atom. The Balaban J connectivity index is 2.40. The number of rotatable bonds is 2. The Morgan fingerprint density at radius 3 is 2.65 bits per heavy atom. The van der Waals surface area contributed by atoms with Gasteiger partial charge in [0.2, 0.25) is 0 Å². The number of nitrogens with zero attached hydrogens (tertiary/aromatic N) is 2. The molecule has 1 aromatic rings. The van der Waals surface area contributed by atoms with Crippen molar-refractivity contribution in [2.24, 2.45) is 5.73 Å². The Hall–Kier alpha value is -1.79. The third kappa shape index (κ3) is 2.71. The maximum atomic E-state index is 11.6. The summed E-state index contributed by atoms with van der Waals surface area (Å²) in [6, 6.07) is 1.96. The Morgan fingerprint density at radius 2 is 2.05 bits per heavy atom. The molecule has 1 aliphatic heterocycles. The molecule has 1 aliphatic rings. The second-order valence-electron chi connectivity index (χ2n) is 4.49. The van der Waals surface area contributed by atoms with Crippen molar-refractivity contribution < 1.29 is 13.2 Å². The maximum Gasteiger partial charge on any atom is 0.261 e. The number of anilines is 2. The summed E-state index contributed by atoms with van der Waals surface area (Å²) in [6.07, 6.45) is 0.483. The van der Waals surface area contributed by atoms with Gasteiger partial charge in [0.15, 0.2) is 9.84 Å². The van der Waals surface area contributed by atoms with Crippen LogP contribution in [0.2, 0.25) is 0 Å². The van der Waals surface area contributed by atoms with Crippen LogP contribution in [0.4, 0.5) is 10.7 Å². The molecule has 2 heterocycles. The van der Waals surface area contributed by atoms with Gasteiger partial charge >= 0.3 is 0 Å². The van der Waals surface area contributed by atoms with Crippen molar-refractivity contribution >= 4 is 37.8 Å². The van der Waals surface area contributed by atoms with E-state index in [9.17, 15) is 18.5 Å². The molecule has 0 saturated carbocycles. The van der Waals surface area contributed by atoms with E-state index < -0.39 is 15.7 Å². The van der Waals surface area contributed by atoms with Gasteiger partial charge in [-0.25, -0.2) is 8.42 Å². The standard InChI is InChI=1S/C11H14N4O3S2/c12-6-7-8(13)9(10(14)16)19-11(7)15-2-1-4-20(17,18)5-3-15/h1-5,13H2,(H2,14,16). The van der Waals surface area contributed by atoms with Gasteiger partial charge in [0, 0.05) is 13.1 Å². The molecule has 20 heavy (non-hydrogen) atoms. The first kappa shape index (κ1) is 14.6. The number of primary amides is 1. The van der Waals surface area contributed by atoms with E-state index in [4.69, 9.17) is 11.5 Å². The number of amides is 1. The minimum absolute atomic E-state index is 0.0293. The summed E-state index contributed by atoms with van der Waals surface area (Å²) in [5, 5.41) is 9.70. The number of hydrogen-bond donors (Lipinski definition) is 2. The molecule has 0 atom stereocenters. The Bertz CT molecular complexity index is 687. The molecule has 0 bridgehead atoms. The van der Waals surface area contributed by atoms with Gasteiger partial charge in [-0.05, 0) is 6.42 Å². The summed E-state index contributed by atoms with van der Waals surface area (Å²) in [5.41, 5.74) is 11.3. The van der Waals surface area contributed by atoms with Crippen molar-refractivity contribution in [1.82, 2.24) is 0 Å². The molecule has 1 aromatic heterocycles. The van der Waals surface area contributed by atoms with Crippen molar-refractivity contribution in [1.29, 1.82) is 5.26 Å². The molecule has 0 unspecified atom stereocenters. The molecule has 0 aromatic carbocycles. The first-order valence-electron chi connectivity index (χ1n) is 5.93. The largest absolute Gasteiger partial charge is 0.396 e. The Labute approximate surface area is 120 Å². The number of hydrogen-bond acceptors (Lipinski definition) is 7. The average molecular weight is 314 g/mol. The van der Waals surface area contributed by atoms with Crippen molar-refractivity contribution in [2.45, 2.75) is 6.42 Å². The molecule has 1 saturated heterocycles. The van der Waals surface area contributed by atoms with Crippen molar-refractivity contribution in [2.75, 3.05) is 35.2 Å². The summed E-state index contributed by atoms with van der Waals surface area (Å²) >= 11 is 1.04. The minimum Gasteiger partial charge on any atom is -0.396 e. The van der Waals surface area contributed by atoms with E-state index in [1.165, 1.54) is 0 Å². The topological polar surface area (TPSA) is 130 Å². The molecule has 0 radical (unpaired) electrons. The van der Waals surface area contributed by atoms with Gasteiger partial charge in [0.25, 0.3) is 5.91 Å². The van der Waals surface area contributed by atoms with Crippen molar-refractivity contribution in [3.05, 3.63) is 10.4 Å². The summed E-state index contributed by atoms with van der Waals surface area (Å²) in [4.78, 5) is 13.2. The van der Waals surface area contributed by atoms with Crippen LogP contribution < -0.4 is 16.4 Å². The van der Waals surface area contributed by atoms with Gasteiger partial charge in [-0.2, -0.15) is 5.26 Å². The number of thiophene rings is 1. The fourth-order valence-electron chi connectivity index (χ4n) is 2.09. The van der Waals surface area contributed by atoms with Gasteiger partial charge in [0.1, 0.15) is 21.5 Å². The van der Waals surface area contributed by atoms with E-state index in [-0.39, 0.29) is 34.2 Å². The number of nitriles is 1. The number of nitrogens with two attached hydrogens (primary N) is 2. The quantitative estimate of drug-likeness (QED) is 0.785. The fourth-order valence-corrected chi connectivity index (χ4v) is 4.43. The summed E-state index contributed by atoms with van der Waals surface area (Å²) in [7, 11) is -3.04. The molecular weight excluding hydrogens is 300 g/mol. The highest BCUT2D eigenvalue weighted by Crippen LogP contribution is 2.38. The van der Waals surface area contributed by atoms with Gasteiger partial charge in [-0.3, -0.25) is 4.79 Å². The first-order valence-corrected chi connectivity index (χ1v) is 8.57. The molecule has 1 fully saturated rings. The van der Waals surface area contributed by atoms with Crippen LogP contribution in [-0.4, -0.2) is 38.9 Å². The van der Waals surface area contributed by atoms with E-state index in [0.29, 0.717) is 18.0 Å². The van der Waals surface area contributed by atoms with E-state index in [1.54, 1.807) is 4.90 Å². The van der Waals surface area contributed by atoms with Crippen LogP contribution in [-0.2, 0) is 9.84 Å². The van der Waals surface area contributed by atoms with Gasteiger partial charge in [-0.1, -0.05) is 0 Å².